The van der Waals surface area contributed by atoms with Gasteiger partial charge in [-0.15, -0.1) is 11.3 Å². The fraction of sp³-hybridized carbons (Fsp3) is 0.154. The molecule has 100 valence electrons. The number of hydrogen-bond donors (Lipinski definition) is 0. The van der Waals surface area contributed by atoms with Gasteiger partial charge in [-0.05, 0) is 40.2 Å². The summed E-state index contributed by atoms with van der Waals surface area (Å²) < 4.78 is 11.9. The molecule has 0 aliphatic rings. The molecule has 0 radical (unpaired) electrons. The van der Waals surface area contributed by atoms with Crippen LogP contribution in [-0.2, 0) is 6.61 Å². The molecule has 0 fully saturated rings. The molecule has 0 N–H and O–H groups in total. The Balaban J connectivity index is 2.21. The van der Waals surface area contributed by atoms with E-state index in [1.54, 1.807) is 23.5 Å². The van der Waals surface area contributed by atoms with E-state index < -0.39 is 0 Å². The molecule has 0 aliphatic heterocycles. The van der Waals surface area contributed by atoms with Crippen molar-refractivity contribution in [1.29, 1.82) is 0 Å². The van der Waals surface area contributed by atoms with Gasteiger partial charge in [0, 0.05) is 10.4 Å². The summed E-state index contributed by atoms with van der Waals surface area (Å²) in [4.78, 5) is 11.8. The zero-order valence-electron chi connectivity index (χ0n) is 9.98. The fourth-order valence-corrected chi connectivity index (χ4v) is 3.19. The molecule has 0 saturated carbocycles. The second kappa shape index (κ2) is 6.41. The zero-order chi connectivity index (χ0) is 13.8. The number of carbonyl (C=O) groups is 1. The molecular formula is C13H10BrClO3S. The minimum atomic E-state index is 0.358. The number of rotatable bonds is 5. The van der Waals surface area contributed by atoms with Crippen molar-refractivity contribution >= 4 is 45.2 Å². The van der Waals surface area contributed by atoms with E-state index in [0.29, 0.717) is 35.0 Å². The van der Waals surface area contributed by atoms with E-state index in [2.05, 4.69) is 15.9 Å². The van der Waals surface area contributed by atoms with Crippen LogP contribution in [0.5, 0.6) is 11.5 Å². The lowest BCUT2D eigenvalue weighted by molar-refractivity contribution is 0.112. The second-order valence-corrected chi connectivity index (χ2v) is 6.60. The Hall–Kier alpha value is -1.04. The molecule has 1 heterocycles. The topological polar surface area (TPSA) is 35.5 Å². The number of aldehydes is 1. The van der Waals surface area contributed by atoms with Gasteiger partial charge in [-0.2, -0.15) is 0 Å². The highest BCUT2D eigenvalue weighted by atomic mass is 79.9. The van der Waals surface area contributed by atoms with Crippen LogP contribution in [0, 0.1) is 0 Å². The van der Waals surface area contributed by atoms with Gasteiger partial charge in [-0.1, -0.05) is 11.6 Å². The number of halogens is 2. The van der Waals surface area contributed by atoms with Crippen LogP contribution in [0.3, 0.4) is 0 Å². The van der Waals surface area contributed by atoms with E-state index in [4.69, 9.17) is 21.1 Å². The minimum Gasteiger partial charge on any atom is -0.493 e. The Bertz CT molecular complexity index is 598. The van der Waals surface area contributed by atoms with Crippen molar-refractivity contribution in [2.24, 2.45) is 0 Å². The number of ether oxygens (including phenoxy) is 2. The molecule has 1 aromatic heterocycles. The summed E-state index contributed by atoms with van der Waals surface area (Å²) in [6.45, 7) is 0.396. The largest absolute Gasteiger partial charge is 0.493 e. The summed E-state index contributed by atoms with van der Waals surface area (Å²) in [5, 5.41) is 0.358. The Morgan fingerprint density at radius 1 is 1.42 bits per heavy atom. The van der Waals surface area contributed by atoms with Crippen molar-refractivity contribution in [3.05, 3.63) is 43.5 Å². The van der Waals surface area contributed by atoms with Crippen LogP contribution in [0.1, 0.15) is 15.2 Å². The number of thiophene rings is 1. The maximum atomic E-state index is 10.8. The van der Waals surface area contributed by atoms with E-state index in [1.807, 2.05) is 12.1 Å². The third-order valence-electron chi connectivity index (χ3n) is 2.38. The van der Waals surface area contributed by atoms with Crippen LogP contribution in [-0.4, -0.2) is 13.4 Å². The zero-order valence-corrected chi connectivity index (χ0v) is 13.1. The molecule has 0 unspecified atom stereocenters. The Kier molecular flexibility index (Phi) is 4.85. The van der Waals surface area contributed by atoms with E-state index in [9.17, 15) is 4.79 Å². The normalized spacial score (nSPS) is 10.3. The van der Waals surface area contributed by atoms with Gasteiger partial charge >= 0.3 is 0 Å². The predicted octanol–water partition coefficient (Wildman–Crippen LogP) is 4.56. The van der Waals surface area contributed by atoms with Gasteiger partial charge in [-0.3, -0.25) is 4.79 Å². The number of benzene rings is 1. The highest BCUT2D eigenvalue weighted by Crippen LogP contribution is 2.37. The van der Waals surface area contributed by atoms with Crippen LogP contribution in [0.25, 0.3) is 0 Å². The third-order valence-corrected chi connectivity index (χ3v) is 4.25. The first-order valence-electron chi connectivity index (χ1n) is 5.33. The molecule has 0 bridgehead atoms. The molecule has 0 spiro atoms. The summed E-state index contributed by atoms with van der Waals surface area (Å²) in [7, 11) is 1.51. The maximum Gasteiger partial charge on any atom is 0.180 e. The maximum absolute atomic E-state index is 10.8. The van der Waals surface area contributed by atoms with Crippen LogP contribution in [0.15, 0.2) is 28.1 Å². The predicted molar refractivity (Wildman–Crippen MR) is 79.7 cm³/mol. The second-order valence-electron chi connectivity index (χ2n) is 3.65. The fourth-order valence-electron chi connectivity index (χ4n) is 1.52. The standard InChI is InChI=1S/C13H10BrClO3S/c1-17-11-5-8(6-16)4-10(15)13(11)18-7-9-2-3-12(14)19-9/h2-6H,7H2,1H3. The quantitative estimate of drug-likeness (QED) is 0.732. The first-order valence-corrected chi connectivity index (χ1v) is 7.32. The molecule has 6 heteroatoms. The van der Waals surface area contributed by atoms with Crippen LogP contribution < -0.4 is 9.47 Å². The molecule has 0 amide bonds. The highest BCUT2D eigenvalue weighted by molar-refractivity contribution is 9.11. The van der Waals surface area contributed by atoms with E-state index in [1.165, 1.54) is 7.11 Å². The first kappa shape index (κ1) is 14.4. The van der Waals surface area contributed by atoms with Gasteiger partial charge in [0.25, 0.3) is 0 Å². The van der Waals surface area contributed by atoms with Gasteiger partial charge in [-0.25, -0.2) is 0 Å². The molecule has 0 aliphatic carbocycles. The van der Waals surface area contributed by atoms with Crippen molar-refractivity contribution in [2.75, 3.05) is 7.11 Å². The molecule has 2 rings (SSSR count). The van der Waals surface area contributed by atoms with Crippen LogP contribution in [0.4, 0.5) is 0 Å². The van der Waals surface area contributed by atoms with E-state index in [0.717, 1.165) is 8.66 Å². The third kappa shape index (κ3) is 3.49. The summed E-state index contributed by atoms with van der Waals surface area (Å²) >= 11 is 11.1. The summed E-state index contributed by atoms with van der Waals surface area (Å²) in [5.74, 6) is 0.893. The highest BCUT2D eigenvalue weighted by Gasteiger charge is 2.12. The van der Waals surface area contributed by atoms with Gasteiger partial charge in [0.2, 0.25) is 0 Å². The lowest BCUT2D eigenvalue weighted by atomic mass is 10.2. The Morgan fingerprint density at radius 3 is 2.79 bits per heavy atom. The summed E-state index contributed by atoms with van der Waals surface area (Å²) in [5.41, 5.74) is 0.452. The van der Waals surface area contributed by atoms with Crippen molar-refractivity contribution in [2.45, 2.75) is 6.61 Å². The number of hydrogen-bond acceptors (Lipinski definition) is 4. The monoisotopic (exact) mass is 360 g/mol. The average molecular weight is 362 g/mol. The lowest BCUT2D eigenvalue weighted by Gasteiger charge is -2.12. The number of carbonyl (C=O) groups excluding carboxylic acids is 1. The lowest BCUT2D eigenvalue weighted by Crippen LogP contribution is -1.98. The number of methoxy groups -OCH3 is 1. The van der Waals surface area contributed by atoms with Crippen LogP contribution in [0.2, 0.25) is 5.02 Å². The van der Waals surface area contributed by atoms with Crippen molar-refractivity contribution < 1.29 is 14.3 Å². The molecule has 19 heavy (non-hydrogen) atoms. The molecule has 3 nitrogen and oxygen atoms in total. The molecule has 0 atom stereocenters. The van der Waals surface area contributed by atoms with E-state index >= 15 is 0 Å². The van der Waals surface area contributed by atoms with Gasteiger partial charge in [0.15, 0.2) is 11.5 Å². The molecule has 0 saturated heterocycles. The summed E-state index contributed by atoms with van der Waals surface area (Å²) in [6, 6.07) is 7.07. The molecular weight excluding hydrogens is 352 g/mol. The van der Waals surface area contributed by atoms with Crippen molar-refractivity contribution in [1.82, 2.24) is 0 Å². The Morgan fingerprint density at radius 2 is 2.21 bits per heavy atom. The van der Waals surface area contributed by atoms with E-state index in [-0.39, 0.29) is 0 Å². The first-order chi connectivity index (χ1) is 9.13. The van der Waals surface area contributed by atoms with Gasteiger partial charge < -0.3 is 9.47 Å². The van der Waals surface area contributed by atoms with Crippen molar-refractivity contribution in [3.8, 4) is 11.5 Å². The smallest absolute Gasteiger partial charge is 0.180 e. The SMILES string of the molecule is COc1cc(C=O)cc(Cl)c1OCc1ccc(Br)s1. The van der Waals surface area contributed by atoms with Crippen molar-refractivity contribution in [3.63, 3.8) is 0 Å². The van der Waals surface area contributed by atoms with Gasteiger partial charge in [0.05, 0.1) is 15.9 Å². The van der Waals surface area contributed by atoms with Crippen LogP contribution >= 0.6 is 38.9 Å². The molecule has 2 aromatic rings. The molecule has 1 aromatic carbocycles. The summed E-state index contributed by atoms with van der Waals surface area (Å²) in [6.07, 6.45) is 0.717. The van der Waals surface area contributed by atoms with Gasteiger partial charge in [0.1, 0.15) is 12.9 Å². The minimum absolute atomic E-state index is 0.358. The Labute approximate surface area is 128 Å². The average Bonchev–Trinajstić information content (AvgIpc) is 2.82.